The number of rotatable bonds is 5. The second kappa shape index (κ2) is 6.57. The molecule has 0 fully saturated rings. The molecule has 0 radical (unpaired) electrons. The van der Waals surface area contributed by atoms with E-state index >= 15 is 0 Å². The Morgan fingerprint density at radius 2 is 2.25 bits per heavy atom. The molecule has 0 spiro atoms. The van der Waals surface area contributed by atoms with Crippen LogP contribution in [0.5, 0.6) is 5.75 Å². The standard InChI is InChI=1S/C16H20O4/c1-4-19-16(17)15-11(2)14-12(8-6-10-18-3)7-5-9-13(14)20-15/h5,7-9,15H,4,6,10H2,1-3H3. The second-order valence-corrected chi connectivity index (χ2v) is 4.64. The van der Waals surface area contributed by atoms with Crippen molar-refractivity contribution in [3.63, 3.8) is 0 Å². The molecule has 0 N–H and O–H groups in total. The van der Waals surface area contributed by atoms with Crippen molar-refractivity contribution in [2.24, 2.45) is 0 Å². The molecule has 1 unspecified atom stereocenters. The maximum absolute atomic E-state index is 11.9. The Hall–Kier alpha value is -1.81. The van der Waals surface area contributed by atoms with E-state index < -0.39 is 6.10 Å². The smallest absolute Gasteiger partial charge is 0.351 e. The van der Waals surface area contributed by atoms with Gasteiger partial charge in [-0.3, -0.25) is 0 Å². The van der Waals surface area contributed by atoms with Crippen molar-refractivity contribution in [1.29, 1.82) is 0 Å². The predicted molar refractivity (Wildman–Crippen MR) is 76.8 cm³/mol. The van der Waals surface area contributed by atoms with Crippen molar-refractivity contribution >= 4 is 17.6 Å². The molecule has 0 aliphatic carbocycles. The van der Waals surface area contributed by atoms with Gasteiger partial charge in [-0.25, -0.2) is 4.79 Å². The molecule has 20 heavy (non-hydrogen) atoms. The SMILES string of the molecule is CCOC(=O)C1Oc2cccc(=CCCOC)c2=C1C. The van der Waals surface area contributed by atoms with E-state index in [1.807, 2.05) is 25.1 Å². The lowest BCUT2D eigenvalue weighted by atomic mass is 10.1. The summed E-state index contributed by atoms with van der Waals surface area (Å²) in [6.45, 7) is 4.74. The fourth-order valence-corrected chi connectivity index (χ4v) is 2.36. The Labute approximate surface area is 118 Å². The van der Waals surface area contributed by atoms with Gasteiger partial charge in [0.25, 0.3) is 0 Å². The van der Waals surface area contributed by atoms with Crippen LogP contribution in [-0.2, 0) is 14.3 Å². The average molecular weight is 276 g/mol. The molecule has 1 heterocycles. The van der Waals surface area contributed by atoms with Crippen molar-refractivity contribution in [3.8, 4) is 5.75 Å². The van der Waals surface area contributed by atoms with Gasteiger partial charge in [-0.2, -0.15) is 0 Å². The van der Waals surface area contributed by atoms with Crippen LogP contribution in [0.2, 0.25) is 0 Å². The number of hydrogen-bond acceptors (Lipinski definition) is 4. The van der Waals surface area contributed by atoms with Gasteiger partial charge in [-0.15, -0.1) is 0 Å². The lowest BCUT2D eigenvalue weighted by molar-refractivity contribution is -0.148. The summed E-state index contributed by atoms with van der Waals surface area (Å²) in [4.78, 5) is 11.9. The predicted octanol–water partition coefficient (Wildman–Crippen LogP) is 0.998. The van der Waals surface area contributed by atoms with Crippen LogP contribution >= 0.6 is 0 Å². The van der Waals surface area contributed by atoms with E-state index in [1.54, 1.807) is 14.0 Å². The molecule has 0 bridgehead atoms. The third-order valence-electron chi connectivity index (χ3n) is 3.28. The van der Waals surface area contributed by atoms with Crippen molar-refractivity contribution in [2.45, 2.75) is 26.4 Å². The van der Waals surface area contributed by atoms with Gasteiger partial charge in [0.15, 0.2) is 0 Å². The topological polar surface area (TPSA) is 44.8 Å². The summed E-state index contributed by atoms with van der Waals surface area (Å²) < 4.78 is 15.8. The van der Waals surface area contributed by atoms with Crippen molar-refractivity contribution in [3.05, 3.63) is 28.6 Å². The van der Waals surface area contributed by atoms with Gasteiger partial charge in [0.05, 0.1) is 6.61 Å². The quantitative estimate of drug-likeness (QED) is 0.594. The van der Waals surface area contributed by atoms with E-state index in [0.717, 1.165) is 28.2 Å². The number of ether oxygens (including phenoxy) is 3. The molecule has 1 aromatic carbocycles. The summed E-state index contributed by atoms with van der Waals surface area (Å²) in [6, 6.07) is 5.83. The number of benzene rings is 1. The minimum Gasteiger partial charge on any atom is -0.474 e. The van der Waals surface area contributed by atoms with Crippen molar-refractivity contribution < 1.29 is 19.0 Å². The number of methoxy groups -OCH3 is 1. The van der Waals surface area contributed by atoms with Gasteiger partial charge in [-0.1, -0.05) is 18.2 Å². The van der Waals surface area contributed by atoms with Crippen LogP contribution in [-0.4, -0.2) is 32.4 Å². The van der Waals surface area contributed by atoms with Gasteiger partial charge in [0, 0.05) is 18.9 Å². The van der Waals surface area contributed by atoms with Crippen molar-refractivity contribution in [1.82, 2.24) is 0 Å². The fourth-order valence-electron chi connectivity index (χ4n) is 2.36. The molecule has 0 aromatic heterocycles. The van der Waals surface area contributed by atoms with E-state index in [2.05, 4.69) is 6.08 Å². The normalized spacial score (nSPS) is 17.9. The van der Waals surface area contributed by atoms with E-state index in [9.17, 15) is 4.79 Å². The summed E-state index contributed by atoms with van der Waals surface area (Å²) in [5, 5.41) is 2.07. The zero-order valence-electron chi connectivity index (χ0n) is 12.1. The van der Waals surface area contributed by atoms with Gasteiger partial charge in [-0.05, 0) is 37.1 Å². The van der Waals surface area contributed by atoms with E-state index in [1.165, 1.54) is 0 Å². The first kappa shape index (κ1) is 14.6. The van der Waals surface area contributed by atoms with Gasteiger partial charge in [0.2, 0.25) is 6.10 Å². The minimum atomic E-state index is -0.623. The highest BCUT2D eigenvalue weighted by Crippen LogP contribution is 2.19. The zero-order chi connectivity index (χ0) is 14.5. The molecular formula is C16H20O4. The van der Waals surface area contributed by atoms with Crippen LogP contribution in [0.3, 0.4) is 0 Å². The summed E-state index contributed by atoms with van der Waals surface area (Å²) >= 11 is 0. The first-order valence-electron chi connectivity index (χ1n) is 6.81. The first-order chi connectivity index (χ1) is 9.69. The molecule has 0 saturated heterocycles. The van der Waals surface area contributed by atoms with Crippen LogP contribution in [0.15, 0.2) is 18.2 Å². The lowest BCUT2D eigenvalue weighted by Crippen LogP contribution is -2.29. The van der Waals surface area contributed by atoms with Gasteiger partial charge >= 0.3 is 5.97 Å². The highest BCUT2D eigenvalue weighted by molar-refractivity contribution is 5.87. The maximum Gasteiger partial charge on any atom is 0.351 e. The molecule has 1 aromatic rings. The van der Waals surface area contributed by atoms with Crippen molar-refractivity contribution in [2.75, 3.05) is 20.3 Å². The number of carbonyl (C=O) groups excluding carboxylic acids is 1. The Bertz CT molecular complexity index is 603. The Balaban J connectivity index is 2.40. The monoisotopic (exact) mass is 276 g/mol. The number of hydrogen-bond donors (Lipinski definition) is 0. The summed E-state index contributed by atoms with van der Waals surface area (Å²) in [5.41, 5.74) is 0.905. The number of fused-ring (bicyclic) bond motifs is 1. The summed E-state index contributed by atoms with van der Waals surface area (Å²) in [6.07, 6.45) is 2.30. The molecular weight excluding hydrogens is 256 g/mol. The third-order valence-corrected chi connectivity index (χ3v) is 3.28. The lowest BCUT2D eigenvalue weighted by Gasteiger charge is -2.11. The molecule has 1 aliphatic heterocycles. The van der Waals surface area contributed by atoms with Crippen LogP contribution in [0, 0.1) is 0 Å². The molecule has 0 saturated carbocycles. The molecule has 1 atom stereocenters. The van der Waals surface area contributed by atoms with E-state index in [0.29, 0.717) is 13.2 Å². The van der Waals surface area contributed by atoms with E-state index in [-0.39, 0.29) is 5.97 Å². The number of carbonyl (C=O) groups is 1. The Morgan fingerprint density at radius 3 is 2.95 bits per heavy atom. The first-order valence-corrected chi connectivity index (χ1v) is 6.81. The second-order valence-electron chi connectivity index (χ2n) is 4.64. The molecule has 4 nitrogen and oxygen atoms in total. The van der Waals surface area contributed by atoms with Crippen LogP contribution in [0.1, 0.15) is 20.3 Å². The summed E-state index contributed by atoms with van der Waals surface area (Å²) in [5.74, 6) is 0.413. The highest BCUT2D eigenvalue weighted by Gasteiger charge is 2.30. The molecule has 4 heteroatoms. The van der Waals surface area contributed by atoms with Crippen LogP contribution in [0.25, 0.3) is 11.6 Å². The molecule has 0 amide bonds. The Morgan fingerprint density at radius 1 is 1.45 bits per heavy atom. The van der Waals surface area contributed by atoms with Crippen LogP contribution < -0.4 is 15.2 Å². The maximum atomic E-state index is 11.9. The third kappa shape index (κ3) is 2.85. The van der Waals surface area contributed by atoms with Gasteiger partial charge < -0.3 is 14.2 Å². The largest absolute Gasteiger partial charge is 0.474 e. The molecule has 2 rings (SSSR count). The molecule has 108 valence electrons. The number of esters is 1. The average Bonchev–Trinajstić information content (AvgIpc) is 2.78. The zero-order valence-corrected chi connectivity index (χ0v) is 12.1. The van der Waals surface area contributed by atoms with E-state index in [4.69, 9.17) is 14.2 Å². The Kier molecular flexibility index (Phi) is 4.79. The fraction of sp³-hybridized carbons (Fsp3) is 0.438. The highest BCUT2D eigenvalue weighted by atomic mass is 16.6. The summed E-state index contributed by atoms with van der Waals surface area (Å²) in [7, 11) is 1.68. The molecule has 1 aliphatic rings. The van der Waals surface area contributed by atoms with Gasteiger partial charge in [0.1, 0.15) is 5.75 Å². The minimum absolute atomic E-state index is 0.330. The van der Waals surface area contributed by atoms with Crippen LogP contribution in [0.4, 0.5) is 0 Å².